The third-order valence-corrected chi connectivity index (χ3v) is 6.14. The number of hydrogen-bond acceptors (Lipinski definition) is 6. The maximum atomic E-state index is 12.5. The zero-order valence-electron chi connectivity index (χ0n) is 15.5. The molecule has 4 rings (SSSR count). The molecular weight excluding hydrogens is 376 g/mol. The van der Waals surface area contributed by atoms with Crippen LogP contribution in [0.25, 0.3) is 10.2 Å². The molecule has 2 aromatic heterocycles. The minimum atomic E-state index is -0.385. The molecule has 0 N–H and O–H groups in total. The van der Waals surface area contributed by atoms with Crippen LogP contribution in [0.5, 0.6) is 0 Å². The molecule has 1 saturated heterocycles. The summed E-state index contributed by atoms with van der Waals surface area (Å²) in [6, 6.07) is 11.7. The van der Waals surface area contributed by atoms with Gasteiger partial charge in [-0.2, -0.15) is 0 Å². The van der Waals surface area contributed by atoms with Crippen LogP contribution >= 0.6 is 11.3 Å². The Bertz CT molecular complexity index is 917. The predicted octanol–water partition coefficient (Wildman–Crippen LogP) is 3.77. The third kappa shape index (κ3) is 4.42. The maximum absolute atomic E-state index is 12.5. The van der Waals surface area contributed by atoms with E-state index in [4.69, 9.17) is 14.1 Å². The van der Waals surface area contributed by atoms with Crippen molar-refractivity contribution in [1.29, 1.82) is 0 Å². The molecule has 28 heavy (non-hydrogen) atoms. The largest absolute Gasteiger partial charge is 0.469 e. The fourth-order valence-electron chi connectivity index (χ4n) is 3.46. The number of benzene rings is 1. The first-order chi connectivity index (χ1) is 13.7. The second-order valence-electron chi connectivity index (χ2n) is 6.94. The van der Waals surface area contributed by atoms with E-state index in [1.807, 2.05) is 24.3 Å². The van der Waals surface area contributed by atoms with Gasteiger partial charge in [0.1, 0.15) is 5.76 Å². The van der Waals surface area contributed by atoms with Crippen molar-refractivity contribution in [2.75, 3.05) is 19.7 Å². The number of rotatable bonds is 6. The third-order valence-electron chi connectivity index (χ3n) is 4.95. The van der Waals surface area contributed by atoms with Gasteiger partial charge in [0, 0.05) is 25.4 Å². The van der Waals surface area contributed by atoms with Crippen LogP contribution in [0.1, 0.15) is 35.9 Å². The SMILES string of the molecule is O=C(CCc1ccco1)OCC(=O)N1CCC[C@@H](c2nc3ccccc3s2)C1. The molecule has 6 nitrogen and oxygen atoms in total. The van der Waals surface area contributed by atoms with Crippen LogP contribution in [0, 0.1) is 0 Å². The lowest BCUT2D eigenvalue weighted by Gasteiger charge is -2.31. The van der Waals surface area contributed by atoms with Gasteiger partial charge >= 0.3 is 5.97 Å². The Kier molecular flexibility index (Phi) is 5.71. The zero-order chi connectivity index (χ0) is 19.3. The Balaban J connectivity index is 1.28. The van der Waals surface area contributed by atoms with Gasteiger partial charge < -0.3 is 14.1 Å². The highest BCUT2D eigenvalue weighted by atomic mass is 32.1. The van der Waals surface area contributed by atoms with Gasteiger partial charge in [-0.25, -0.2) is 4.98 Å². The minimum Gasteiger partial charge on any atom is -0.469 e. The first-order valence-corrected chi connectivity index (χ1v) is 10.3. The van der Waals surface area contributed by atoms with Crippen molar-refractivity contribution in [3.63, 3.8) is 0 Å². The summed E-state index contributed by atoms with van der Waals surface area (Å²) in [6.07, 6.45) is 4.20. The number of aromatic nitrogens is 1. The van der Waals surface area contributed by atoms with E-state index < -0.39 is 0 Å². The molecule has 0 unspecified atom stereocenters. The van der Waals surface area contributed by atoms with Gasteiger partial charge in [0.05, 0.1) is 27.9 Å². The number of aryl methyl sites for hydroxylation is 1. The van der Waals surface area contributed by atoms with Crippen LogP contribution in [-0.4, -0.2) is 41.5 Å². The van der Waals surface area contributed by atoms with Crippen molar-refractivity contribution in [3.8, 4) is 0 Å². The summed E-state index contributed by atoms with van der Waals surface area (Å²) in [6.45, 7) is 1.12. The number of carbonyl (C=O) groups excluding carboxylic acids is 2. The zero-order valence-corrected chi connectivity index (χ0v) is 16.3. The van der Waals surface area contributed by atoms with E-state index in [0.717, 1.165) is 29.1 Å². The van der Waals surface area contributed by atoms with Crippen molar-refractivity contribution < 1.29 is 18.7 Å². The quantitative estimate of drug-likeness (QED) is 0.591. The number of likely N-dealkylation sites (tertiary alicyclic amines) is 1. The van der Waals surface area contributed by atoms with Crippen molar-refractivity contribution in [2.24, 2.45) is 0 Å². The van der Waals surface area contributed by atoms with E-state index in [1.165, 1.54) is 4.70 Å². The van der Waals surface area contributed by atoms with Gasteiger partial charge in [-0.1, -0.05) is 12.1 Å². The first kappa shape index (κ1) is 18.7. The van der Waals surface area contributed by atoms with Gasteiger partial charge in [-0.3, -0.25) is 9.59 Å². The molecule has 1 amide bonds. The number of fused-ring (bicyclic) bond motifs is 1. The lowest BCUT2D eigenvalue weighted by molar-refractivity contribution is -0.152. The van der Waals surface area contributed by atoms with E-state index in [2.05, 4.69) is 6.07 Å². The molecule has 0 spiro atoms. The summed E-state index contributed by atoms with van der Waals surface area (Å²) in [4.78, 5) is 30.9. The molecule has 1 fully saturated rings. The summed E-state index contributed by atoms with van der Waals surface area (Å²) in [7, 11) is 0. The van der Waals surface area contributed by atoms with Gasteiger partial charge in [-0.15, -0.1) is 11.3 Å². The van der Waals surface area contributed by atoms with Crippen molar-refractivity contribution >= 4 is 33.4 Å². The van der Waals surface area contributed by atoms with Crippen LogP contribution in [0.3, 0.4) is 0 Å². The van der Waals surface area contributed by atoms with E-state index in [-0.39, 0.29) is 30.8 Å². The van der Waals surface area contributed by atoms with E-state index in [1.54, 1.807) is 28.6 Å². The average Bonchev–Trinajstić information content (AvgIpc) is 3.40. The number of furan rings is 1. The van der Waals surface area contributed by atoms with Crippen LogP contribution in [-0.2, 0) is 20.7 Å². The van der Waals surface area contributed by atoms with Gasteiger partial charge in [0.25, 0.3) is 5.91 Å². The lowest BCUT2D eigenvalue weighted by Crippen LogP contribution is -2.41. The Morgan fingerprint density at radius 3 is 2.96 bits per heavy atom. The molecule has 1 aliphatic rings. The number of esters is 1. The standard InChI is InChI=1S/C21H22N2O4S/c24-19(14-27-20(25)10-9-16-6-4-12-26-16)23-11-3-5-15(13-23)21-22-17-7-1-2-8-18(17)28-21/h1-2,4,6-8,12,15H,3,5,9-11,13-14H2/t15-/m1/s1. The van der Waals surface area contributed by atoms with Crippen LogP contribution in [0.2, 0.25) is 0 Å². The van der Waals surface area contributed by atoms with Crippen molar-refractivity contribution in [2.45, 2.75) is 31.6 Å². The predicted molar refractivity (Wildman–Crippen MR) is 106 cm³/mol. The van der Waals surface area contributed by atoms with E-state index >= 15 is 0 Å². The second-order valence-corrected chi connectivity index (χ2v) is 8.00. The molecular formula is C21H22N2O4S. The number of hydrogen-bond donors (Lipinski definition) is 0. The number of piperidine rings is 1. The lowest BCUT2D eigenvalue weighted by atomic mass is 9.99. The molecule has 0 saturated carbocycles. The Morgan fingerprint density at radius 1 is 1.25 bits per heavy atom. The molecule has 1 aliphatic heterocycles. The summed E-state index contributed by atoms with van der Waals surface area (Å²) in [5, 5.41) is 1.08. The number of nitrogens with zero attached hydrogens (tertiary/aromatic N) is 2. The fraction of sp³-hybridized carbons (Fsp3) is 0.381. The monoisotopic (exact) mass is 398 g/mol. The normalized spacial score (nSPS) is 17.0. The van der Waals surface area contributed by atoms with Crippen LogP contribution < -0.4 is 0 Å². The smallest absolute Gasteiger partial charge is 0.306 e. The Hall–Kier alpha value is -2.67. The average molecular weight is 398 g/mol. The number of thiazole rings is 1. The molecule has 1 atom stereocenters. The molecule has 146 valence electrons. The highest BCUT2D eigenvalue weighted by molar-refractivity contribution is 7.18. The summed E-state index contributed by atoms with van der Waals surface area (Å²) < 4.78 is 11.5. The molecule has 7 heteroatoms. The molecule has 1 aromatic carbocycles. The molecule has 0 radical (unpaired) electrons. The van der Waals surface area contributed by atoms with Gasteiger partial charge in [-0.05, 0) is 37.1 Å². The number of amides is 1. The second kappa shape index (κ2) is 8.56. The first-order valence-electron chi connectivity index (χ1n) is 9.50. The summed E-state index contributed by atoms with van der Waals surface area (Å²) >= 11 is 1.70. The van der Waals surface area contributed by atoms with Crippen molar-refractivity contribution in [1.82, 2.24) is 9.88 Å². The van der Waals surface area contributed by atoms with E-state index in [9.17, 15) is 9.59 Å². The van der Waals surface area contributed by atoms with E-state index in [0.29, 0.717) is 19.5 Å². The molecule has 3 aromatic rings. The number of para-hydroxylation sites is 1. The fourth-order valence-corrected chi connectivity index (χ4v) is 4.55. The Labute approximate surface area is 167 Å². The van der Waals surface area contributed by atoms with Gasteiger partial charge in [0.2, 0.25) is 0 Å². The Morgan fingerprint density at radius 2 is 2.14 bits per heavy atom. The maximum Gasteiger partial charge on any atom is 0.306 e. The highest BCUT2D eigenvalue weighted by Gasteiger charge is 2.27. The number of ether oxygens (including phenoxy) is 1. The van der Waals surface area contributed by atoms with Crippen molar-refractivity contribution in [3.05, 3.63) is 53.4 Å². The summed E-state index contributed by atoms with van der Waals surface area (Å²) in [5.74, 6) is 0.448. The molecule has 0 aliphatic carbocycles. The number of carbonyl (C=O) groups is 2. The molecule has 3 heterocycles. The van der Waals surface area contributed by atoms with Crippen LogP contribution in [0.4, 0.5) is 0 Å². The van der Waals surface area contributed by atoms with Crippen LogP contribution in [0.15, 0.2) is 47.1 Å². The van der Waals surface area contributed by atoms with Gasteiger partial charge in [0.15, 0.2) is 6.61 Å². The topological polar surface area (TPSA) is 72.6 Å². The minimum absolute atomic E-state index is 0.142. The highest BCUT2D eigenvalue weighted by Crippen LogP contribution is 2.32. The molecule has 0 bridgehead atoms. The summed E-state index contributed by atoms with van der Waals surface area (Å²) in [5.41, 5.74) is 1.01.